The Morgan fingerprint density at radius 3 is 2.77 bits per heavy atom. The number of hydrogen-bond acceptors (Lipinski definition) is 5. The van der Waals surface area contributed by atoms with Crippen LogP contribution < -0.4 is 0 Å². The molecule has 3 heterocycles. The topological polar surface area (TPSA) is 73.7 Å². The molecule has 22 heavy (non-hydrogen) atoms. The number of sulfonamides is 1. The highest BCUT2D eigenvalue weighted by Gasteiger charge is 2.49. The van der Waals surface area contributed by atoms with Crippen molar-refractivity contribution in [2.45, 2.75) is 42.8 Å². The van der Waals surface area contributed by atoms with E-state index in [0.717, 1.165) is 19.4 Å². The number of ether oxygens (including phenoxy) is 2. The zero-order chi connectivity index (χ0) is 16.0. The van der Waals surface area contributed by atoms with Crippen LogP contribution in [0.4, 0.5) is 0 Å². The highest BCUT2D eigenvalue weighted by atomic mass is 32.2. The molecular formula is C14H23N3O4S. The summed E-state index contributed by atoms with van der Waals surface area (Å²) < 4.78 is 40.2. The molecule has 0 saturated carbocycles. The van der Waals surface area contributed by atoms with Crippen LogP contribution in [0, 0.1) is 6.92 Å². The van der Waals surface area contributed by atoms with E-state index >= 15 is 0 Å². The zero-order valence-electron chi connectivity index (χ0n) is 13.3. The fourth-order valence-electron chi connectivity index (χ4n) is 3.57. The molecule has 2 aliphatic heterocycles. The van der Waals surface area contributed by atoms with Crippen LogP contribution in [0.25, 0.3) is 0 Å². The summed E-state index contributed by atoms with van der Waals surface area (Å²) in [5.41, 5.74) is 0.207. The van der Waals surface area contributed by atoms with Crippen LogP contribution in [0.15, 0.2) is 11.1 Å². The van der Waals surface area contributed by atoms with Crippen molar-refractivity contribution in [2.75, 3.05) is 26.8 Å². The first kappa shape index (κ1) is 15.9. The Hall–Kier alpha value is -0.960. The first-order valence-electron chi connectivity index (χ1n) is 7.56. The largest absolute Gasteiger partial charge is 0.377 e. The highest BCUT2D eigenvalue weighted by molar-refractivity contribution is 7.89. The highest BCUT2D eigenvalue weighted by Crippen LogP contribution is 2.38. The number of nitrogens with zero attached hydrogens (tertiary/aromatic N) is 3. The molecule has 1 aromatic rings. The minimum Gasteiger partial charge on any atom is -0.377 e. The van der Waals surface area contributed by atoms with Crippen molar-refractivity contribution in [3.05, 3.63) is 11.9 Å². The molecule has 0 bridgehead atoms. The Morgan fingerprint density at radius 2 is 2.23 bits per heavy atom. The van der Waals surface area contributed by atoms with E-state index in [1.54, 1.807) is 27.3 Å². The summed E-state index contributed by atoms with van der Waals surface area (Å²) >= 11 is 0. The summed E-state index contributed by atoms with van der Waals surface area (Å²) in [5.74, 6) is 0. The molecule has 1 aromatic heterocycles. The van der Waals surface area contributed by atoms with Crippen molar-refractivity contribution in [1.82, 2.24) is 14.1 Å². The van der Waals surface area contributed by atoms with Gasteiger partial charge in [0.15, 0.2) is 0 Å². The zero-order valence-corrected chi connectivity index (χ0v) is 14.1. The summed E-state index contributed by atoms with van der Waals surface area (Å²) in [5, 5.41) is 4.14. The normalized spacial score (nSPS) is 30.2. The third-order valence-electron chi connectivity index (χ3n) is 4.75. The first-order valence-corrected chi connectivity index (χ1v) is 9.00. The first-order chi connectivity index (χ1) is 10.4. The molecule has 2 atom stereocenters. The Kier molecular flexibility index (Phi) is 4.05. The molecule has 2 fully saturated rings. The smallest absolute Gasteiger partial charge is 0.246 e. The summed E-state index contributed by atoms with van der Waals surface area (Å²) in [7, 11) is -0.198. The molecule has 0 unspecified atom stereocenters. The predicted octanol–water partition coefficient (Wildman–Crippen LogP) is 0.687. The second-order valence-corrected chi connectivity index (χ2v) is 8.01. The van der Waals surface area contributed by atoms with E-state index in [0.29, 0.717) is 25.2 Å². The van der Waals surface area contributed by atoms with E-state index in [2.05, 4.69) is 5.10 Å². The van der Waals surface area contributed by atoms with Gasteiger partial charge >= 0.3 is 0 Å². The number of aryl methyl sites for hydroxylation is 2. The average molecular weight is 329 g/mol. The Bertz CT molecular complexity index is 649. The Balaban J connectivity index is 1.86. The lowest BCUT2D eigenvalue weighted by Gasteiger charge is -2.43. The SMILES string of the molecule is CO[C@H]1CN(S(=O)(=O)c2cn(C)nc2C)CC[C@@]12CCCO2. The molecule has 0 aromatic carbocycles. The van der Waals surface area contributed by atoms with Crippen LogP contribution in [-0.2, 0) is 26.5 Å². The van der Waals surface area contributed by atoms with Crippen LogP contribution in [0.3, 0.4) is 0 Å². The molecular weight excluding hydrogens is 306 g/mol. The third-order valence-corrected chi connectivity index (χ3v) is 6.71. The summed E-state index contributed by atoms with van der Waals surface area (Å²) in [6, 6.07) is 0. The molecule has 8 heteroatoms. The second-order valence-electron chi connectivity index (χ2n) is 6.11. The monoisotopic (exact) mass is 329 g/mol. The molecule has 3 rings (SSSR count). The van der Waals surface area contributed by atoms with Crippen molar-refractivity contribution in [1.29, 1.82) is 0 Å². The van der Waals surface area contributed by atoms with E-state index in [9.17, 15) is 8.42 Å². The fourth-order valence-corrected chi connectivity index (χ4v) is 5.21. The average Bonchev–Trinajstić information content (AvgIpc) is 3.06. The molecule has 7 nitrogen and oxygen atoms in total. The molecule has 1 spiro atoms. The van der Waals surface area contributed by atoms with E-state index in [1.807, 2.05) is 0 Å². The lowest BCUT2D eigenvalue weighted by Crippen LogP contribution is -2.57. The predicted molar refractivity (Wildman–Crippen MR) is 80.0 cm³/mol. The Morgan fingerprint density at radius 1 is 1.45 bits per heavy atom. The van der Waals surface area contributed by atoms with E-state index < -0.39 is 10.0 Å². The van der Waals surface area contributed by atoms with Gasteiger partial charge in [0.25, 0.3) is 0 Å². The van der Waals surface area contributed by atoms with Crippen LogP contribution in [0.2, 0.25) is 0 Å². The lowest BCUT2D eigenvalue weighted by molar-refractivity contribution is -0.131. The van der Waals surface area contributed by atoms with Crippen LogP contribution in [0.1, 0.15) is 25.0 Å². The van der Waals surface area contributed by atoms with Crippen LogP contribution >= 0.6 is 0 Å². The van der Waals surface area contributed by atoms with E-state index in [-0.39, 0.29) is 16.6 Å². The van der Waals surface area contributed by atoms with Gasteiger partial charge in [-0.1, -0.05) is 0 Å². The van der Waals surface area contributed by atoms with E-state index in [1.165, 1.54) is 8.99 Å². The number of piperidine rings is 1. The maximum absolute atomic E-state index is 12.9. The van der Waals surface area contributed by atoms with Gasteiger partial charge in [0.05, 0.1) is 17.4 Å². The van der Waals surface area contributed by atoms with Crippen molar-refractivity contribution in [2.24, 2.45) is 7.05 Å². The van der Waals surface area contributed by atoms with Crippen molar-refractivity contribution in [3.8, 4) is 0 Å². The van der Waals surface area contributed by atoms with Gasteiger partial charge in [-0.2, -0.15) is 9.40 Å². The molecule has 0 amide bonds. The number of hydrogen-bond donors (Lipinski definition) is 0. The van der Waals surface area contributed by atoms with Gasteiger partial charge in [0, 0.05) is 40.1 Å². The van der Waals surface area contributed by atoms with Gasteiger partial charge in [-0.3, -0.25) is 4.68 Å². The maximum Gasteiger partial charge on any atom is 0.246 e. The lowest BCUT2D eigenvalue weighted by atomic mass is 9.87. The minimum atomic E-state index is -3.55. The molecule has 0 N–H and O–H groups in total. The minimum absolute atomic E-state index is 0.226. The Labute approximate surface area is 131 Å². The van der Waals surface area contributed by atoms with Gasteiger partial charge in [0.1, 0.15) is 4.90 Å². The van der Waals surface area contributed by atoms with Crippen LogP contribution in [0.5, 0.6) is 0 Å². The fraction of sp³-hybridized carbons (Fsp3) is 0.786. The number of aromatic nitrogens is 2. The quantitative estimate of drug-likeness (QED) is 0.816. The van der Waals surface area contributed by atoms with Gasteiger partial charge in [0.2, 0.25) is 10.0 Å². The van der Waals surface area contributed by atoms with Crippen molar-refractivity contribution < 1.29 is 17.9 Å². The summed E-state index contributed by atoms with van der Waals surface area (Å²) in [6.07, 6.45) is 3.95. The standard InChI is InChI=1S/C14H23N3O4S/c1-11-12(9-16(2)15-11)22(18,19)17-7-6-14(5-4-8-21-14)13(10-17)20-3/h9,13H,4-8,10H2,1-3H3/t13-,14-/m0/s1. The van der Waals surface area contributed by atoms with Gasteiger partial charge in [-0.15, -0.1) is 0 Å². The van der Waals surface area contributed by atoms with Crippen molar-refractivity contribution in [3.63, 3.8) is 0 Å². The molecule has 0 aliphatic carbocycles. The summed E-state index contributed by atoms with van der Waals surface area (Å²) in [4.78, 5) is 0.271. The van der Waals surface area contributed by atoms with Gasteiger partial charge in [-0.25, -0.2) is 8.42 Å². The number of methoxy groups -OCH3 is 1. The van der Waals surface area contributed by atoms with Gasteiger partial charge < -0.3 is 9.47 Å². The molecule has 124 valence electrons. The molecule has 2 saturated heterocycles. The van der Waals surface area contributed by atoms with E-state index in [4.69, 9.17) is 9.47 Å². The summed E-state index contributed by atoms with van der Waals surface area (Å²) in [6.45, 7) is 3.23. The molecule has 2 aliphatic rings. The third kappa shape index (κ3) is 2.47. The number of rotatable bonds is 3. The van der Waals surface area contributed by atoms with Gasteiger partial charge in [-0.05, 0) is 26.2 Å². The van der Waals surface area contributed by atoms with Crippen molar-refractivity contribution >= 4 is 10.0 Å². The maximum atomic E-state index is 12.9. The molecule has 0 radical (unpaired) electrons. The second kappa shape index (κ2) is 5.59. The van der Waals surface area contributed by atoms with Crippen LogP contribution in [-0.4, -0.2) is 61.0 Å².